The van der Waals surface area contributed by atoms with Crippen LogP contribution in [0.15, 0.2) is 12.3 Å². The summed E-state index contributed by atoms with van der Waals surface area (Å²) in [5, 5.41) is 7.93. The normalized spacial score (nSPS) is 13.9. The van der Waals surface area contributed by atoms with Crippen molar-refractivity contribution in [3.63, 3.8) is 0 Å². The summed E-state index contributed by atoms with van der Waals surface area (Å²) in [7, 11) is 3.72. The van der Waals surface area contributed by atoms with Crippen molar-refractivity contribution < 1.29 is 4.74 Å². The van der Waals surface area contributed by atoms with Gasteiger partial charge in [-0.15, -0.1) is 0 Å². The molecule has 1 aromatic heterocycles. The van der Waals surface area contributed by atoms with Crippen LogP contribution in [0, 0.1) is 0 Å². The monoisotopic (exact) mass is 239 g/mol. The standard InChI is InChI=1S/C13H25N3O/c1-6-14-12(10-13(2,3)17-5)9-11-7-8-16(4)15-11/h7-8,12,14H,6,9-10H2,1-5H3. The maximum Gasteiger partial charge on any atom is 0.0640 e. The van der Waals surface area contributed by atoms with Crippen molar-refractivity contribution in [2.24, 2.45) is 7.05 Å². The average Bonchev–Trinajstić information content (AvgIpc) is 2.64. The van der Waals surface area contributed by atoms with Crippen LogP contribution in [0.25, 0.3) is 0 Å². The minimum Gasteiger partial charge on any atom is -0.379 e. The molecule has 0 aliphatic heterocycles. The van der Waals surface area contributed by atoms with Crippen molar-refractivity contribution in [3.05, 3.63) is 18.0 Å². The highest BCUT2D eigenvalue weighted by Crippen LogP contribution is 2.17. The number of hydrogen-bond donors (Lipinski definition) is 1. The molecule has 17 heavy (non-hydrogen) atoms. The van der Waals surface area contributed by atoms with E-state index in [0.29, 0.717) is 6.04 Å². The molecule has 0 spiro atoms. The van der Waals surface area contributed by atoms with Gasteiger partial charge in [0.05, 0.1) is 11.3 Å². The Morgan fingerprint density at radius 2 is 2.24 bits per heavy atom. The largest absolute Gasteiger partial charge is 0.379 e. The fourth-order valence-corrected chi connectivity index (χ4v) is 2.01. The van der Waals surface area contributed by atoms with Gasteiger partial charge in [-0.25, -0.2) is 0 Å². The van der Waals surface area contributed by atoms with E-state index in [1.54, 1.807) is 7.11 Å². The lowest BCUT2D eigenvalue weighted by molar-refractivity contribution is 0.00719. The van der Waals surface area contributed by atoms with Gasteiger partial charge < -0.3 is 10.1 Å². The molecule has 1 N–H and O–H groups in total. The van der Waals surface area contributed by atoms with E-state index >= 15 is 0 Å². The zero-order valence-electron chi connectivity index (χ0n) is 11.7. The molecule has 0 radical (unpaired) electrons. The van der Waals surface area contributed by atoms with Gasteiger partial charge in [0, 0.05) is 32.8 Å². The molecule has 4 nitrogen and oxygen atoms in total. The molecule has 0 aliphatic carbocycles. The summed E-state index contributed by atoms with van der Waals surface area (Å²) in [6, 6.07) is 2.48. The van der Waals surface area contributed by atoms with E-state index in [2.05, 4.69) is 37.3 Å². The third kappa shape index (κ3) is 4.88. The molecule has 0 aromatic carbocycles. The molecule has 0 amide bonds. The molecule has 1 unspecified atom stereocenters. The van der Waals surface area contributed by atoms with Crippen LogP contribution in [-0.2, 0) is 18.2 Å². The molecule has 1 heterocycles. The van der Waals surface area contributed by atoms with Gasteiger partial charge >= 0.3 is 0 Å². The van der Waals surface area contributed by atoms with Crippen LogP contribution >= 0.6 is 0 Å². The first-order valence-corrected chi connectivity index (χ1v) is 6.24. The van der Waals surface area contributed by atoms with Crippen LogP contribution in [0.2, 0.25) is 0 Å². The van der Waals surface area contributed by atoms with Gasteiger partial charge in [0.15, 0.2) is 0 Å². The molecule has 0 saturated heterocycles. The summed E-state index contributed by atoms with van der Waals surface area (Å²) in [4.78, 5) is 0. The smallest absolute Gasteiger partial charge is 0.0640 e. The average molecular weight is 239 g/mol. The van der Waals surface area contributed by atoms with E-state index < -0.39 is 0 Å². The first kappa shape index (κ1) is 14.2. The Kier molecular flexibility index (Phi) is 5.15. The van der Waals surface area contributed by atoms with E-state index in [1.807, 2.05) is 17.9 Å². The SMILES string of the molecule is CCNC(Cc1ccn(C)n1)CC(C)(C)OC. The molecular formula is C13H25N3O. The third-order valence-electron chi connectivity index (χ3n) is 3.01. The Morgan fingerprint density at radius 3 is 2.71 bits per heavy atom. The Labute approximate surface area is 104 Å². The number of likely N-dealkylation sites (N-methyl/N-ethyl adjacent to an activating group) is 1. The summed E-state index contributed by atoms with van der Waals surface area (Å²) in [6.07, 6.45) is 3.91. The number of hydrogen-bond acceptors (Lipinski definition) is 3. The summed E-state index contributed by atoms with van der Waals surface area (Å²) in [5.41, 5.74) is 1.03. The van der Waals surface area contributed by atoms with Gasteiger partial charge in [-0.3, -0.25) is 4.68 Å². The lowest BCUT2D eigenvalue weighted by atomic mass is 9.95. The predicted molar refractivity (Wildman–Crippen MR) is 70.1 cm³/mol. The zero-order valence-corrected chi connectivity index (χ0v) is 11.7. The molecule has 0 aliphatic rings. The van der Waals surface area contributed by atoms with Gasteiger partial charge in [-0.2, -0.15) is 5.10 Å². The number of rotatable bonds is 7. The number of nitrogens with one attached hydrogen (secondary N) is 1. The lowest BCUT2D eigenvalue weighted by Gasteiger charge is -2.28. The van der Waals surface area contributed by atoms with Crippen molar-refractivity contribution in [3.8, 4) is 0 Å². The molecule has 0 fully saturated rings. The molecule has 0 saturated carbocycles. The van der Waals surface area contributed by atoms with Gasteiger partial charge in [-0.05, 0) is 32.9 Å². The van der Waals surface area contributed by atoms with Crippen LogP contribution < -0.4 is 5.32 Å². The second-order valence-electron chi connectivity index (χ2n) is 5.11. The summed E-state index contributed by atoms with van der Waals surface area (Å²) >= 11 is 0. The summed E-state index contributed by atoms with van der Waals surface area (Å²) in [6.45, 7) is 7.34. The highest BCUT2D eigenvalue weighted by atomic mass is 16.5. The zero-order chi connectivity index (χ0) is 12.9. The fourth-order valence-electron chi connectivity index (χ4n) is 2.01. The minimum absolute atomic E-state index is 0.0956. The van der Waals surface area contributed by atoms with Crippen LogP contribution in [0.5, 0.6) is 0 Å². The van der Waals surface area contributed by atoms with Gasteiger partial charge in [0.2, 0.25) is 0 Å². The lowest BCUT2D eigenvalue weighted by Crippen LogP contribution is -2.39. The van der Waals surface area contributed by atoms with E-state index in [9.17, 15) is 0 Å². The van der Waals surface area contributed by atoms with E-state index in [4.69, 9.17) is 4.74 Å². The predicted octanol–water partition coefficient (Wildman–Crippen LogP) is 1.76. The van der Waals surface area contributed by atoms with Crippen LogP contribution in [0.1, 0.15) is 32.9 Å². The maximum absolute atomic E-state index is 5.49. The quantitative estimate of drug-likeness (QED) is 0.788. The van der Waals surface area contributed by atoms with E-state index in [1.165, 1.54) is 0 Å². The Hall–Kier alpha value is -0.870. The van der Waals surface area contributed by atoms with Crippen molar-refractivity contribution in [2.75, 3.05) is 13.7 Å². The Morgan fingerprint density at radius 1 is 1.53 bits per heavy atom. The Bertz CT molecular complexity index is 333. The van der Waals surface area contributed by atoms with Crippen LogP contribution in [0.4, 0.5) is 0 Å². The van der Waals surface area contributed by atoms with Crippen molar-refractivity contribution in [1.29, 1.82) is 0 Å². The fraction of sp³-hybridized carbons (Fsp3) is 0.769. The number of methoxy groups -OCH3 is 1. The maximum atomic E-state index is 5.49. The number of aryl methyl sites for hydroxylation is 1. The molecule has 0 bridgehead atoms. The molecular weight excluding hydrogens is 214 g/mol. The highest BCUT2D eigenvalue weighted by molar-refractivity contribution is 5.02. The molecule has 1 atom stereocenters. The molecule has 1 aromatic rings. The van der Waals surface area contributed by atoms with Crippen LogP contribution in [-0.4, -0.2) is 35.1 Å². The number of aromatic nitrogens is 2. The van der Waals surface area contributed by atoms with Gasteiger partial charge in [0.25, 0.3) is 0 Å². The third-order valence-corrected chi connectivity index (χ3v) is 3.01. The first-order valence-electron chi connectivity index (χ1n) is 6.24. The topological polar surface area (TPSA) is 39.1 Å². The van der Waals surface area contributed by atoms with Crippen molar-refractivity contribution in [2.45, 2.75) is 45.3 Å². The number of nitrogens with zero attached hydrogens (tertiary/aromatic N) is 2. The second-order valence-corrected chi connectivity index (χ2v) is 5.11. The number of ether oxygens (including phenoxy) is 1. The molecule has 98 valence electrons. The van der Waals surface area contributed by atoms with Gasteiger partial charge in [0.1, 0.15) is 0 Å². The molecule has 1 rings (SSSR count). The van der Waals surface area contributed by atoms with Crippen molar-refractivity contribution in [1.82, 2.24) is 15.1 Å². The second kappa shape index (κ2) is 6.17. The first-order chi connectivity index (χ1) is 7.96. The van der Waals surface area contributed by atoms with Crippen molar-refractivity contribution >= 4 is 0 Å². The minimum atomic E-state index is -0.0956. The van der Waals surface area contributed by atoms with E-state index in [-0.39, 0.29) is 5.60 Å². The summed E-state index contributed by atoms with van der Waals surface area (Å²) < 4.78 is 7.34. The summed E-state index contributed by atoms with van der Waals surface area (Å²) in [5.74, 6) is 0. The highest BCUT2D eigenvalue weighted by Gasteiger charge is 2.23. The molecule has 4 heteroatoms. The Balaban J connectivity index is 2.60. The van der Waals surface area contributed by atoms with Crippen LogP contribution in [0.3, 0.4) is 0 Å². The van der Waals surface area contributed by atoms with E-state index in [0.717, 1.165) is 25.1 Å². The van der Waals surface area contributed by atoms with Gasteiger partial charge in [-0.1, -0.05) is 6.92 Å².